The number of aliphatic hydroxyl groups excluding tert-OH is 2. The number of aromatic amines is 1. The van der Waals surface area contributed by atoms with Crippen molar-refractivity contribution < 1.29 is 10.2 Å². The highest BCUT2D eigenvalue weighted by Crippen LogP contribution is 2.21. The van der Waals surface area contributed by atoms with Gasteiger partial charge in [-0.1, -0.05) is 6.07 Å². The van der Waals surface area contributed by atoms with Gasteiger partial charge in [-0.15, -0.1) is 11.6 Å². The van der Waals surface area contributed by atoms with Crippen LogP contribution in [0.4, 0.5) is 0 Å². The molecule has 0 fully saturated rings. The smallest absolute Gasteiger partial charge is 0.258 e. The number of rotatable bonds is 4. The number of hydrogen-bond acceptors (Lipinski definition) is 4. The van der Waals surface area contributed by atoms with Crippen molar-refractivity contribution in [2.45, 2.75) is 25.6 Å². The highest BCUT2D eigenvalue weighted by molar-refractivity contribution is 6.17. The van der Waals surface area contributed by atoms with Crippen LogP contribution in [0.25, 0.3) is 10.9 Å². The molecule has 19 heavy (non-hydrogen) atoms. The summed E-state index contributed by atoms with van der Waals surface area (Å²) in [6.07, 6.45) is -1.74. The van der Waals surface area contributed by atoms with Crippen LogP contribution in [0.2, 0.25) is 0 Å². The van der Waals surface area contributed by atoms with E-state index < -0.39 is 12.2 Å². The van der Waals surface area contributed by atoms with Crippen LogP contribution in [-0.4, -0.2) is 32.2 Å². The Morgan fingerprint density at radius 2 is 2.16 bits per heavy atom. The van der Waals surface area contributed by atoms with Crippen LogP contribution in [-0.2, 0) is 0 Å². The van der Waals surface area contributed by atoms with Crippen molar-refractivity contribution >= 4 is 22.5 Å². The third-order valence-electron chi connectivity index (χ3n) is 2.96. The van der Waals surface area contributed by atoms with E-state index in [1.807, 2.05) is 0 Å². The summed E-state index contributed by atoms with van der Waals surface area (Å²) >= 11 is 5.53. The topological polar surface area (TPSA) is 86.2 Å². The van der Waals surface area contributed by atoms with E-state index in [1.54, 1.807) is 25.1 Å². The van der Waals surface area contributed by atoms with Gasteiger partial charge in [0.05, 0.1) is 17.0 Å². The maximum atomic E-state index is 11.8. The lowest BCUT2D eigenvalue weighted by molar-refractivity contribution is 0.0171. The molecule has 0 saturated heterocycles. The van der Waals surface area contributed by atoms with Crippen LogP contribution >= 0.6 is 11.6 Å². The van der Waals surface area contributed by atoms with E-state index in [0.29, 0.717) is 22.3 Å². The minimum Gasteiger partial charge on any atom is -0.390 e. The lowest BCUT2D eigenvalue weighted by Crippen LogP contribution is -2.19. The molecule has 0 aliphatic carbocycles. The van der Waals surface area contributed by atoms with E-state index in [9.17, 15) is 15.0 Å². The molecule has 0 radical (unpaired) electrons. The minimum absolute atomic E-state index is 0.257. The molecule has 3 N–H and O–H groups in total. The molecule has 2 rings (SSSR count). The Balaban J connectivity index is 2.44. The normalized spacial score (nSPS) is 14.5. The molecular weight excluding hydrogens is 268 g/mol. The maximum Gasteiger partial charge on any atom is 0.258 e. The first-order valence-corrected chi connectivity index (χ1v) is 6.49. The van der Waals surface area contributed by atoms with Crippen LogP contribution in [0.1, 0.15) is 23.9 Å². The number of hydrogen-bond donors (Lipinski definition) is 3. The summed E-state index contributed by atoms with van der Waals surface area (Å²) in [7, 11) is 0. The predicted octanol–water partition coefficient (Wildman–Crippen LogP) is 1.25. The van der Waals surface area contributed by atoms with Crippen LogP contribution in [0.15, 0.2) is 23.0 Å². The third-order valence-corrected chi connectivity index (χ3v) is 3.18. The van der Waals surface area contributed by atoms with Gasteiger partial charge in [-0.05, 0) is 31.0 Å². The molecule has 5 nitrogen and oxygen atoms in total. The van der Waals surface area contributed by atoms with Crippen molar-refractivity contribution in [1.29, 1.82) is 0 Å². The van der Waals surface area contributed by atoms with Crippen molar-refractivity contribution in [3.05, 3.63) is 39.9 Å². The average molecular weight is 283 g/mol. The predicted molar refractivity (Wildman–Crippen MR) is 73.4 cm³/mol. The summed E-state index contributed by atoms with van der Waals surface area (Å²) in [5.41, 5.74) is 0.772. The monoisotopic (exact) mass is 282 g/mol. The summed E-state index contributed by atoms with van der Waals surface area (Å²) in [5, 5.41) is 20.1. The van der Waals surface area contributed by atoms with E-state index in [-0.39, 0.29) is 17.9 Å². The molecule has 0 amide bonds. The number of fused-ring (bicyclic) bond motifs is 1. The summed E-state index contributed by atoms with van der Waals surface area (Å²) in [5.74, 6) is 0.792. The van der Waals surface area contributed by atoms with Gasteiger partial charge in [-0.2, -0.15) is 0 Å². The number of aliphatic hydroxyl groups is 2. The quantitative estimate of drug-likeness (QED) is 0.737. The zero-order chi connectivity index (χ0) is 14.0. The van der Waals surface area contributed by atoms with Crippen LogP contribution in [0, 0.1) is 6.92 Å². The Morgan fingerprint density at radius 3 is 2.84 bits per heavy atom. The van der Waals surface area contributed by atoms with Gasteiger partial charge in [0, 0.05) is 5.88 Å². The molecular formula is C13H15ClN2O3. The SMILES string of the molecule is Cc1nc2ccc(C(O)C(O)CCCl)cc2c(=O)[nH]1. The van der Waals surface area contributed by atoms with Crippen molar-refractivity contribution in [2.75, 3.05) is 5.88 Å². The molecule has 6 heteroatoms. The van der Waals surface area contributed by atoms with Gasteiger partial charge in [-0.3, -0.25) is 4.79 Å². The van der Waals surface area contributed by atoms with E-state index in [4.69, 9.17) is 11.6 Å². The Hall–Kier alpha value is -1.43. The molecule has 1 heterocycles. The fourth-order valence-electron chi connectivity index (χ4n) is 1.95. The largest absolute Gasteiger partial charge is 0.390 e. The second-order valence-electron chi connectivity index (χ2n) is 4.42. The van der Waals surface area contributed by atoms with Crippen molar-refractivity contribution in [3.63, 3.8) is 0 Å². The van der Waals surface area contributed by atoms with Crippen LogP contribution in [0.5, 0.6) is 0 Å². The molecule has 2 atom stereocenters. The second kappa shape index (κ2) is 5.69. The number of nitrogens with one attached hydrogen (secondary N) is 1. The number of aromatic nitrogens is 2. The molecule has 0 spiro atoms. The first-order chi connectivity index (χ1) is 9.02. The summed E-state index contributed by atoms with van der Waals surface area (Å²) < 4.78 is 0. The minimum atomic E-state index is -1.07. The Kier molecular flexibility index (Phi) is 4.19. The number of H-pyrrole nitrogens is 1. The van der Waals surface area contributed by atoms with Gasteiger partial charge in [-0.25, -0.2) is 4.98 Å². The van der Waals surface area contributed by atoms with Gasteiger partial charge in [0.1, 0.15) is 11.9 Å². The number of halogens is 1. The van der Waals surface area contributed by atoms with Gasteiger partial charge >= 0.3 is 0 Å². The highest BCUT2D eigenvalue weighted by Gasteiger charge is 2.18. The van der Waals surface area contributed by atoms with Crippen molar-refractivity contribution in [2.24, 2.45) is 0 Å². The van der Waals surface area contributed by atoms with Gasteiger partial charge < -0.3 is 15.2 Å². The molecule has 1 aromatic carbocycles. The van der Waals surface area contributed by atoms with Crippen molar-refractivity contribution in [1.82, 2.24) is 9.97 Å². The first-order valence-electron chi connectivity index (χ1n) is 5.95. The third kappa shape index (κ3) is 2.94. The van der Waals surface area contributed by atoms with Crippen LogP contribution in [0.3, 0.4) is 0 Å². The summed E-state index contributed by atoms with van der Waals surface area (Å²) in [6.45, 7) is 1.70. The van der Waals surface area contributed by atoms with E-state index in [1.165, 1.54) is 0 Å². The first kappa shape index (κ1) is 14.0. The number of aryl methyl sites for hydroxylation is 1. The number of benzene rings is 1. The number of alkyl halides is 1. The van der Waals surface area contributed by atoms with Gasteiger partial charge in [0.25, 0.3) is 5.56 Å². The Bertz CT molecular complexity index is 641. The zero-order valence-corrected chi connectivity index (χ0v) is 11.2. The fourth-order valence-corrected chi connectivity index (χ4v) is 2.17. The maximum absolute atomic E-state index is 11.8. The molecule has 0 aliphatic rings. The van der Waals surface area contributed by atoms with Crippen LogP contribution < -0.4 is 5.56 Å². The standard InChI is InChI=1S/C13H15ClN2O3/c1-7-15-10-3-2-8(6-9(10)13(19)16-7)12(18)11(17)4-5-14/h2-3,6,11-12,17-18H,4-5H2,1H3,(H,15,16,19). The van der Waals surface area contributed by atoms with E-state index >= 15 is 0 Å². The molecule has 2 aromatic rings. The molecule has 0 aliphatic heterocycles. The number of nitrogens with zero attached hydrogens (tertiary/aromatic N) is 1. The molecule has 2 unspecified atom stereocenters. The fraction of sp³-hybridized carbons (Fsp3) is 0.385. The molecule has 0 saturated carbocycles. The highest BCUT2D eigenvalue weighted by atomic mass is 35.5. The van der Waals surface area contributed by atoms with E-state index in [0.717, 1.165) is 0 Å². The molecule has 102 valence electrons. The second-order valence-corrected chi connectivity index (χ2v) is 4.80. The average Bonchev–Trinajstić information content (AvgIpc) is 2.37. The molecule has 1 aromatic heterocycles. The Labute approximate surface area is 114 Å². The molecule has 0 bridgehead atoms. The van der Waals surface area contributed by atoms with E-state index in [2.05, 4.69) is 9.97 Å². The lowest BCUT2D eigenvalue weighted by Gasteiger charge is -2.17. The van der Waals surface area contributed by atoms with Gasteiger partial charge in [0.15, 0.2) is 0 Å². The van der Waals surface area contributed by atoms with Crippen molar-refractivity contribution in [3.8, 4) is 0 Å². The lowest BCUT2D eigenvalue weighted by atomic mass is 10.0. The Morgan fingerprint density at radius 1 is 1.42 bits per heavy atom. The van der Waals surface area contributed by atoms with Gasteiger partial charge in [0.2, 0.25) is 0 Å². The summed E-state index contributed by atoms with van der Waals surface area (Å²) in [6, 6.07) is 4.85. The zero-order valence-electron chi connectivity index (χ0n) is 10.4. The summed E-state index contributed by atoms with van der Waals surface area (Å²) in [4.78, 5) is 18.6.